The van der Waals surface area contributed by atoms with Crippen molar-refractivity contribution >= 4 is 27.8 Å². The highest BCUT2D eigenvalue weighted by Crippen LogP contribution is 2.37. The Labute approximate surface area is 172 Å². The molecule has 1 fully saturated rings. The Kier molecular flexibility index (Phi) is 6.03. The van der Waals surface area contributed by atoms with E-state index in [0.717, 1.165) is 50.2 Å². The number of fused-ring (bicyclic) bond motifs is 3. The van der Waals surface area contributed by atoms with Crippen LogP contribution in [0.1, 0.15) is 29.5 Å². The van der Waals surface area contributed by atoms with Crippen LogP contribution in [0.3, 0.4) is 0 Å². The van der Waals surface area contributed by atoms with Crippen molar-refractivity contribution in [1.29, 1.82) is 0 Å². The number of carbonyl (C=O) groups excluding carboxylic acids is 1. The Bertz CT molecular complexity index is 1110. The van der Waals surface area contributed by atoms with Crippen LogP contribution in [-0.4, -0.2) is 50.3 Å². The van der Waals surface area contributed by atoms with Crippen molar-refractivity contribution in [3.8, 4) is 5.75 Å². The number of hydrazine groups is 1. The van der Waals surface area contributed by atoms with Crippen molar-refractivity contribution in [3.63, 3.8) is 0 Å². The van der Waals surface area contributed by atoms with Gasteiger partial charge in [0.2, 0.25) is 0 Å². The molecule has 1 saturated heterocycles. The minimum Gasteiger partial charge on any atom is -0.491 e. The molecule has 0 aliphatic carbocycles. The van der Waals surface area contributed by atoms with Gasteiger partial charge in [-0.2, -0.15) is 0 Å². The number of nitrogen functional groups attached to an aromatic ring is 1. The summed E-state index contributed by atoms with van der Waals surface area (Å²) in [7, 11) is 0. The van der Waals surface area contributed by atoms with Gasteiger partial charge in [0, 0.05) is 37.8 Å². The normalized spacial score (nSPS) is 15.0. The minimum atomic E-state index is -0.568. The van der Waals surface area contributed by atoms with E-state index in [0.29, 0.717) is 35.3 Å². The van der Waals surface area contributed by atoms with E-state index in [2.05, 4.69) is 4.90 Å². The molecule has 2 aromatic heterocycles. The van der Waals surface area contributed by atoms with E-state index in [4.69, 9.17) is 24.2 Å². The largest absolute Gasteiger partial charge is 0.491 e. The summed E-state index contributed by atoms with van der Waals surface area (Å²) in [6.07, 6.45) is 1.55. The van der Waals surface area contributed by atoms with Crippen LogP contribution < -0.4 is 21.6 Å². The summed E-state index contributed by atoms with van der Waals surface area (Å²) in [6, 6.07) is 4.76. The van der Waals surface area contributed by atoms with Gasteiger partial charge in [0.1, 0.15) is 17.9 Å². The van der Waals surface area contributed by atoms with Crippen molar-refractivity contribution in [2.24, 2.45) is 5.84 Å². The van der Waals surface area contributed by atoms with Crippen LogP contribution in [0.25, 0.3) is 21.9 Å². The number of nitrogens with one attached hydrogen (secondary N) is 1. The SMILES string of the molecule is CCCc1cc(=O)oc2c1c(OCCN1CCOCC1)cc1oc(C(=O)NN)cc12. The quantitative estimate of drug-likeness (QED) is 0.259. The number of nitrogens with zero attached hydrogens (tertiary/aromatic N) is 1. The number of aryl methyl sites for hydroxylation is 1. The Morgan fingerprint density at radius 1 is 1.23 bits per heavy atom. The molecule has 3 N–H and O–H groups in total. The van der Waals surface area contributed by atoms with Gasteiger partial charge in [-0.1, -0.05) is 13.3 Å². The molecule has 4 rings (SSSR count). The Morgan fingerprint density at radius 3 is 2.77 bits per heavy atom. The van der Waals surface area contributed by atoms with Gasteiger partial charge < -0.3 is 18.3 Å². The Balaban J connectivity index is 1.77. The summed E-state index contributed by atoms with van der Waals surface area (Å²) >= 11 is 0. The molecule has 0 spiro atoms. The molecule has 1 aliphatic rings. The number of ether oxygens (including phenoxy) is 2. The fraction of sp³-hybridized carbons (Fsp3) is 0.429. The fourth-order valence-corrected chi connectivity index (χ4v) is 3.75. The van der Waals surface area contributed by atoms with Gasteiger partial charge in [-0.25, -0.2) is 10.6 Å². The fourth-order valence-electron chi connectivity index (χ4n) is 3.75. The summed E-state index contributed by atoms with van der Waals surface area (Å²) in [5, 5.41) is 1.26. The molecule has 9 nitrogen and oxygen atoms in total. The molecule has 1 aromatic carbocycles. The van der Waals surface area contributed by atoms with Gasteiger partial charge >= 0.3 is 11.5 Å². The van der Waals surface area contributed by atoms with E-state index in [-0.39, 0.29) is 5.76 Å². The van der Waals surface area contributed by atoms with Gasteiger partial charge in [-0.05, 0) is 12.0 Å². The van der Waals surface area contributed by atoms with Crippen LogP contribution in [0, 0.1) is 0 Å². The van der Waals surface area contributed by atoms with E-state index in [1.54, 1.807) is 6.07 Å². The average molecular weight is 415 g/mol. The molecule has 160 valence electrons. The summed E-state index contributed by atoms with van der Waals surface area (Å²) in [5.41, 5.74) is 3.18. The molecule has 1 aliphatic heterocycles. The first-order valence-electron chi connectivity index (χ1n) is 10.1. The van der Waals surface area contributed by atoms with Crippen LogP contribution >= 0.6 is 0 Å². The van der Waals surface area contributed by atoms with Crippen LogP contribution in [0.2, 0.25) is 0 Å². The number of benzene rings is 1. The van der Waals surface area contributed by atoms with Crippen molar-refractivity contribution in [2.75, 3.05) is 39.5 Å². The molecule has 1 amide bonds. The minimum absolute atomic E-state index is 0.0304. The maximum absolute atomic E-state index is 12.2. The number of rotatable bonds is 7. The average Bonchev–Trinajstić information content (AvgIpc) is 3.18. The standard InChI is InChI=1S/C21H25N3O6/c1-2-3-13-10-18(25)30-20-14-11-17(21(26)23-22)29-15(14)12-16(19(13)20)28-9-6-24-4-7-27-8-5-24/h10-12H,2-9,22H2,1H3,(H,23,26). The monoisotopic (exact) mass is 415 g/mol. The predicted octanol–water partition coefficient (Wildman–Crippen LogP) is 1.81. The number of carbonyl (C=O) groups is 1. The molecule has 0 atom stereocenters. The highest BCUT2D eigenvalue weighted by atomic mass is 16.5. The molecule has 0 bridgehead atoms. The Morgan fingerprint density at radius 2 is 2.03 bits per heavy atom. The molecule has 0 radical (unpaired) electrons. The topological polar surface area (TPSA) is 120 Å². The number of nitrogens with two attached hydrogens (primary N) is 1. The van der Waals surface area contributed by atoms with Crippen LogP contribution in [0.15, 0.2) is 31.8 Å². The van der Waals surface area contributed by atoms with Crippen LogP contribution in [0.4, 0.5) is 0 Å². The van der Waals surface area contributed by atoms with E-state index in [9.17, 15) is 9.59 Å². The molecular weight excluding hydrogens is 390 g/mol. The lowest BCUT2D eigenvalue weighted by atomic mass is 10.0. The predicted molar refractivity (Wildman–Crippen MR) is 111 cm³/mol. The molecular formula is C21H25N3O6. The lowest BCUT2D eigenvalue weighted by Gasteiger charge is -2.26. The molecule has 30 heavy (non-hydrogen) atoms. The number of furan rings is 1. The maximum Gasteiger partial charge on any atom is 0.336 e. The summed E-state index contributed by atoms with van der Waals surface area (Å²) < 4.78 is 22.7. The zero-order valence-electron chi connectivity index (χ0n) is 16.9. The zero-order chi connectivity index (χ0) is 21.1. The molecule has 0 saturated carbocycles. The van der Waals surface area contributed by atoms with E-state index in [1.807, 2.05) is 12.3 Å². The maximum atomic E-state index is 12.2. The van der Waals surface area contributed by atoms with E-state index >= 15 is 0 Å². The number of hydrogen-bond acceptors (Lipinski definition) is 8. The van der Waals surface area contributed by atoms with Crippen LogP contribution in [-0.2, 0) is 11.2 Å². The van der Waals surface area contributed by atoms with Crippen molar-refractivity contribution < 1.29 is 23.1 Å². The first kappa shape index (κ1) is 20.4. The lowest BCUT2D eigenvalue weighted by Crippen LogP contribution is -2.38. The van der Waals surface area contributed by atoms with Gasteiger partial charge in [0.15, 0.2) is 11.3 Å². The van der Waals surface area contributed by atoms with Gasteiger partial charge in [0.25, 0.3) is 0 Å². The van der Waals surface area contributed by atoms with Gasteiger partial charge in [-0.3, -0.25) is 15.1 Å². The second kappa shape index (κ2) is 8.86. The second-order valence-corrected chi connectivity index (χ2v) is 7.22. The van der Waals surface area contributed by atoms with Gasteiger partial charge in [0.05, 0.1) is 24.0 Å². The highest BCUT2D eigenvalue weighted by molar-refractivity contribution is 6.09. The highest BCUT2D eigenvalue weighted by Gasteiger charge is 2.20. The second-order valence-electron chi connectivity index (χ2n) is 7.22. The number of morpholine rings is 1. The smallest absolute Gasteiger partial charge is 0.336 e. The third-order valence-corrected chi connectivity index (χ3v) is 5.20. The first-order chi connectivity index (χ1) is 14.6. The van der Waals surface area contributed by atoms with E-state index < -0.39 is 11.5 Å². The number of hydrogen-bond donors (Lipinski definition) is 2. The third kappa shape index (κ3) is 4.04. The zero-order valence-corrected chi connectivity index (χ0v) is 16.9. The molecule has 9 heteroatoms. The van der Waals surface area contributed by atoms with Crippen LogP contribution in [0.5, 0.6) is 5.75 Å². The molecule has 0 unspecified atom stereocenters. The van der Waals surface area contributed by atoms with E-state index in [1.165, 1.54) is 12.1 Å². The van der Waals surface area contributed by atoms with Crippen molar-refractivity contribution in [1.82, 2.24) is 10.3 Å². The summed E-state index contributed by atoms with van der Waals surface area (Å²) in [5.74, 6) is 5.25. The third-order valence-electron chi connectivity index (χ3n) is 5.20. The number of amides is 1. The van der Waals surface area contributed by atoms with Crippen molar-refractivity contribution in [3.05, 3.63) is 39.9 Å². The Hall–Kier alpha value is -2.88. The van der Waals surface area contributed by atoms with Crippen molar-refractivity contribution in [2.45, 2.75) is 19.8 Å². The first-order valence-corrected chi connectivity index (χ1v) is 10.1. The summed E-state index contributed by atoms with van der Waals surface area (Å²) in [6.45, 7) is 6.44. The molecule has 3 heterocycles. The lowest BCUT2D eigenvalue weighted by molar-refractivity contribution is 0.0323. The van der Waals surface area contributed by atoms with Gasteiger partial charge in [-0.15, -0.1) is 0 Å². The summed E-state index contributed by atoms with van der Waals surface area (Å²) in [4.78, 5) is 26.4. The molecule has 3 aromatic rings.